The number of amides is 3. The van der Waals surface area contributed by atoms with E-state index in [2.05, 4.69) is 21.9 Å². The van der Waals surface area contributed by atoms with E-state index < -0.39 is 6.03 Å². The maximum Gasteiger partial charge on any atom is 0.319 e. The molecule has 2 aromatic carbocycles. The van der Waals surface area contributed by atoms with Crippen molar-refractivity contribution >= 4 is 40.8 Å². The van der Waals surface area contributed by atoms with Crippen LogP contribution in [0, 0.1) is 12.3 Å². The first kappa shape index (κ1) is 18.7. The van der Waals surface area contributed by atoms with Gasteiger partial charge in [0.1, 0.15) is 0 Å². The van der Waals surface area contributed by atoms with Crippen molar-refractivity contribution in [3.63, 3.8) is 0 Å². The van der Waals surface area contributed by atoms with Crippen molar-refractivity contribution in [2.75, 3.05) is 18.4 Å². The molecule has 128 valence electrons. The minimum absolute atomic E-state index is 0.258. The Morgan fingerprint density at radius 1 is 1.00 bits per heavy atom. The van der Waals surface area contributed by atoms with Crippen molar-refractivity contribution in [3.8, 4) is 12.3 Å². The molecule has 5 nitrogen and oxygen atoms in total. The monoisotopic (exact) mass is 375 g/mol. The molecule has 25 heavy (non-hydrogen) atoms. The summed E-state index contributed by atoms with van der Waals surface area (Å²) >= 11 is 11.7. The minimum Gasteiger partial charge on any atom is -0.350 e. The van der Waals surface area contributed by atoms with Crippen LogP contribution < -0.4 is 16.0 Å². The van der Waals surface area contributed by atoms with Crippen LogP contribution in [0.4, 0.5) is 10.5 Å². The summed E-state index contributed by atoms with van der Waals surface area (Å²) in [7, 11) is 0. The van der Waals surface area contributed by atoms with E-state index in [1.165, 1.54) is 6.07 Å². The molecule has 0 aliphatic rings. The third-order valence-corrected chi connectivity index (χ3v) is 3.90. The zero-order valence-corrected chi connectivity index (χ0v) is 14.6. The van der Waals surface area contributed by atoms with Gasteiger partial charge in [-0.15, -0.1) is 6.42 Å². The van der Waals surface area contributed by atoms with Crippen molar-refractivity contribution in [2.45, 2.75) is 0 Å². The van der Waals surface area contributed by atoms with Crippen LogP contribution >= 0.6 is 23.2 Å². The summed E-state index contributed by atoms with van der Waals surface area (Å²) in [6.45, 7) is 0.518. The van der Waals surface area contributed by atoms with Gasteiger partial charge in [-0.25, -0.2) is 4.79 Å². The van der Waals surface area contributed by atoms with E-state index in [4.69, 9.17) is 29.6 Å². The highest BCUT2D eigenvalue weighted by atomic mass is 35.5. The molecule has 0 radical (unpaired) electrons. The van der Waals surface area contributed by atoms with Crippen LogP contribution in [0.3, 0.4) is 0 Å². The van der Waals surface area contributed by atoms with Gasteiger partial charge in [-0.2, -0.15) is 0 Å². The lowest BCUT2D eigenvalue weighted by atomic mass is 10.2. The second-order valence-electron chi connectivity index (χ2n) is 4.99. The number of terminal acetylenes is 1. The summed E-state index contributed by atoms with van der Waals surface area (Å²) in [4.78, 5) is 23.7. The van der Waals surface area contributed by atoms with E-state index in [0.717, 1.165) is 0 Å². The van der Waals surface area contributed by atoms with Crippen LogP contribution in [0.15, 0.2) is 42.5 Å². The number of nitrogens with one attached hydrogen (secondary N) is 3. The van der Waals surface area contributed by atoms with Gasteiger partial charge >= 0.3 is 6.03 Å². The van der Waals surface area contributed by atoms with E-state index in [9.17, 15) is 9.59 Å². The summed E-state index contributed by atoms with van der Waals surface area (Å²) < 4.78 is 0. The molecule has 7 heteroatoms. The molecule has 0 saturated heterocycles. The van der Waals surface area contributed by atoms with E-state index in [-0.39, 0.29) is 19.0 Å². The Bertz CT molecular complexity index is 831. The lowest BCUT2D eigenvalue weighted by Crippen LogP contribution is -2.36. The SMILES string of the molecule is C#Cc1cccc(NC(=O)NCCNC(=O)c2ccc(Cl)c(Cl)c2)c1. The zero-order chi connectivity index (χ0) is 18.2. The number of rotatable bonds is 5. The highest BCUT2D eigenvalue weighted by Crippen LogP contribution is 2.22. The fourth-order valence-electron chi connectivity index (χ4n) is 1.95. The Hall–Kier alpha value is -2.68. The predicted octanol–water partition coefficient (Wildman–Crippen LogP) is 3.53. The third-order valence-electron chi connectivity index (χ3n) is 3.17. The van der Waals surface area contributed by atoms with Crippen molar-refractivity contribution in [2.24, 2.45) is 0 Å². The molecular weight excluding hydrogens is 361 g/mol. The fraction of sp³-hybridized carbons (Fsp3) is 0.111. The molecule has 0 spiro atoms. The van der Waals surface area contributed by atoms with Gasteiger partial charge in [0.05, 0.1) is 10.0 Å². The Kier molecular flexibility index (Phi) is 6.70. The summed E-state index contributed by atoms with van der Waals surface area (Å²) in [5, 5.41) is 8.65. The Morgan fingerprint density at radius 2 is 1.76 bits per heavy atom. The smallest absolute Gasteiger partial charge is 0.319 e. The molecule has 0 fully saturated rings. The Morgan fingerprint density at radius 3 is 2.48 bits per heavy atom. The molecule has 3 amide bonds. The number of benzene rings is 2. The first-order chi connectivity index (χ1) is 12.0. The second kappa shape index (κ2) is 8.97. The van der Waals surface area contributed by atoms with Crippen LogP contribution in [0.25, 0.3) is 0 Å². The lowest BCUT2D eigenvalue weighted by Gasteiger charge is -2.09. The topological polar surface area (TPSA) is 70.2 Å². The van der Waals surface area contributed by atoms with E-state index in [0.29, 0.717) is 26.9 Å². The van der Waals surface area contributed by atoms with Crippen LogP contribution in [0.5, 0.6) is 0 Å². The number of hydrogen-bond donors (Lipinski definition) is 3. The van der Waals surface area contributed by atoms with Crippen LogP contribution in [0.2, 0.25) is 10.0 Å². The van der Waals surface area contributed by atoms with Crippen LogP contribution in [0.1, 0.15) is 15.9 Å². The van der Waals surface area contributed by atoms with Gasteiger partial charge in [0.25, 0.3) is 5.91 Å². The average Bonchev–Trinajstić information content (AvgIpc) is 2.61. The van der Waals surface area contributed by atoms with Gasteiger partial charge in [0, 0.05) is 29.9 Å². The van der Waals surface area contributed by atoms with Crippen molar-refractivity contribution in [1.29, 1.82) is 0 Å². The van der Waals surface area contributed by atoms with Gasteiger partial charge in [-0.05, 0) is 36.4 Å². The minimum atomic E-state index is -0.391. The van der Waals surface area contributed by atoms with Crippen LogP contribution in [-0.4, -0.2) is 25.0 Å². The molecule has 0 saturated carbocycles. The molecule has 2 rings (SSSR count). The summed E-state index contributed by atoms with van der Waals surface area (Å²) in [6, 6.07) is 11.1. The maximum atomic E-state index is 12.0. The first-order valence-corrected chi connectivity index (χ1v) is 8.10. The predicted molar refractivity (Wildman–Crippen MR) is 100 cm³/mol. The normalized spacial score (nSPS) is 9.80. The van der Waals surface area contributed by atoms with Gasteiger partial charge in [-0.1, -0.05) is 35.2 Å². The highest BCUT2D eigenvalue weighted by Gasteiger charge is 2.08. The number of anilines is 1. The van der Waals surface area contributed by atoms with Crippen LogP contribution in [-0.2, 0) is 0 Å². The Balaban J connectivity index is 1.74. The summed E-state index contributed by atoms with van der Waals surface area (Å²) in [6.07, 6.45) is 5.31. The number of urea groups is 1. The average molecular weight is 376 g/mol. The quantitative estimate of drug-likeness (QED) is 0.552. The van der Waals surface area contributed by atoms with Gasteiger partial charge in [0.2, 0.25) is 0 Å². The number of carbonyl (C=O) groups excluding carboxylic acids is 2. The molecule has 0 aliphatic carbocycles. The Labute approximate surface area is 155 Å². The van der Waals surface area contributed by atoms with Crippen molar-refractivity contribution < 1.29 is 9.59 Å². The fourth-order valence-corrected chi connectivity index (χ4v) is 2.25. The third kappa shape index (κ3) is 5.71. The molecule has 0 aliphatic heterocycles. The van der Waals surface area contributed by atoms with E-state index >= 15 is 0 Å². The lowest BCUT2D eigenvalue weighted by molar-refractivity contribution is 0.0954. The highest BCUT2D eigenvalue weighted by molar-refractivity contribution is 6.42. The standard InChI is InChI=1S/C18H15Cl2N3O2/c1-2-12-4-3-5-14(10-12)23-18(25)22-9-8-21-17(24)13-6-7-15(19)16(20)11-13/h1,3-7,10-11H,8-9H2,(H,21,24)(H2,22,23,25). The molecule has 2 aromatic rings. The summed E-state index contributed by atoms with van der Waals surface area (Å²) in [5.74, 6) is 2.19. The van der Waals surface area contributed by atoms with Crippen molar-refractivity contribution in [3.05, 3.63) is 63.6 Å². The maximum absolute atomic E-state index is 12.0. The number of carbonyl (C=O) groups is 2. The number of halogens is 2. The molecule has 3 N–H and O–H groups in total. The summed E-state index contributed by atoms with van der Waals surface area (Å²) in [5.41, 5.74) is 1.66. The molecule has 0 bridgehead atoms. The largest absolute Gasteiger partial charge is 0.350 e. The molecule has 0 unspecified atom stereocenters. The van der Waals surface area contributed by atoms with Gasteiger partial charge in [-0.3, -0.25) is 4.79 Å². The molecule has 0 aromatic heterocycles. The molecule has 0 atom stereocenters. The molecular formula is C18H15Cl2N3O2. The molecule has 0 heterocycles. The van der Waals surface area contributed by atoms with Gasteiger partial charge in [0.15, 0.2) is 0 Å². The zero-order valence-electron chi connectivity index (χ0n) is 13.1. The number of hydrogen-bond acceptors (Lipinski definition) is 2. The first-order valence-electron chi connectivity index (χ1n) is 7.34. The van der Waals surface area contributed by atoms with E-state index in [1.54, 1.807) is 36.4 Å². The van der Waals surface area contributed by atoms with Crippen molar-refractivity contribution in [1.82, 2.24) is 10.6 Å². The van der Waals surface area contributed by atoms with Gasteiger partial charge < -0.3 is 16.0 Å². The second-order valence-corrected chi connectivity index (χ2v) is 5.81. The van der Waals surface area contributed by atoms with E-state index in [1.807, 2.05) is 0 Å².